The fraction of sp³-hybridized carbons (Fsp3) is 0.500. The molecule has 1 saturated heterocycles. The van der Waals surface area contributed by atoms with Crippen LogP contribution in [0.15, 0.2) is 10.7 Å². The van der Waals surface area contributed by atoms with Crippen LogP contribution in [0.2, 0.25) is 0 Å². The molecular weight excluding hydrogens is 201 g/mol. The Morgan fingerprint density at radius 3 is 2.67 bits per heavy atom. The highest BCUT2D eigenvalue weighted by Gasteiger charge is 2.58. The summed E-state index contributed by atoms with van der Waals surface area (Å²) in [6.07, 6.45) is 1.09. The first-order valence-corrected chi connectivity index (χ1v) is 4.15. The van der Waals surface area contributed by atoms with E-state index in [1.54, 1.807) is 0 Å². The summed E-state index contributed by atoms with van der Waals surface area (Å²) in [6, 6.07) is 0. The Kier molecular flexibility index (Phi) is 1.48. The smallest absolute Gasteiger partial charge is 0.172 e. The average molecular weight is 208 g/mol. The van der Waals surface area contributed by atoms with Crippen molar-refractivity contribution in [2.24, 2.45) is 5.73 Å². The lowest BCUT2D eigenvalue weighted by Crippen LogP contribution is -2.82. The van der Waals surface area contributed by atoms with E-state index >= 15 is 0 Å². The summed E-state index contributed by atoms with van der Waals surface area (Å²) in [7, 11) is 0. The van der Waals surface area contributed by atoms with Crippen LogP contribution in [0.5, 0.6) is 0 Å². The molecule has 12 heavy (non-hydrogen) atoms. The van der Waals surface area contributed by atoms with E-state index in [1.807, 2.05) is 0 Å². The summed E-state index contributed by atoms with van der Waals surface area (Å²) >= 11 is 11.6. The molecule has 2 unspecified atom stereocenters. The van der Waals surface area contributed by atoms with E-state index in [9.17, 15) is 4.79 Å². The molecule has 0 radical (unpaired) electrons. The summed E-state index contributed by atoms with van der Waals surface area (Å²) in [5.41, 5.74) is 5.25. The van der Waals surface area contributed by atoms with Crippen molar-refractivity contribution in [1.29, 1.82) is 0 Å². The lowest BCUT2D eigenvalue weighted by molar-refractivity contribution is -0.106. The van der Waals surface area contributed by atoms with Crippen molar-refractivity contribution in [3.63, 3.8) is 0 Å². The number of nitrogens with one attached hydrogen (secondary N) is 2. The van der Waals surface area contributed by atoms with Crippen molar-refractivity contribution in [3.05, 3.63) is 10.7 Å². The van der Waals surface area contributed by atoms with Crippen LogP contribution in [-0.2, 0) is 4.79 Å². The lowest BCUT2D eigenvalue weighted by atomic mass is 9.85. The molecule has 3 aliphatic rings. The molecule has 0 amide bonds. The van der Waals surface area contributed by atoms with Crippen LogP contribution in [-0.4, -0.2) is 17.1 Å². The van der Waals surface area contributed by atoms with E-state index in [2.05, 4.69) is 10.6 Å². The number of aldehydes is 1. The largest absolute Gasteiger partial charge is 0.345 e. The minimum Gasteiger partial charge on any atom is -0.345 e. The molecule has 0 aromatic carbocycles. The molecule has 3 rings (SSSR count). The highest BCUT2D eigenvalue weighted by molar-refractivity contribution is 6.33. The van der Waals surface area contributed by atoms with E-state index in [1.165, 1.54) is 0 Å². The monoisotopic (exact) mass is 207 g/mol. The number of halogens is 2. The standard InChI is InChI=1S/C6H7Cl2N3O/c7-4-3(1-12)5(9)2-6(8,10-4)11-5/h1,10-11H,2,9H2. The van der Waals surface area contributed by atoms with Gasteiger partial charge in [0.05, 0.1) is 5.57 Å². The molecule has 0 saturated carbocycles. The van der Waals surface area contributed by atoms with E-state index in [4.69, 9.17) is 28.9 Å². The highest BCUT2D eigenvalue weighted by Crippen LogP contribution is 2.42. The molecule has 0 aromatic rings. The quantitative estimate of drug-likeness (QED) is 0.316. The molecule has 66 valence electrons. The van der Waals surface area contributed by atoms with E-state index in [-0.39, 0.29) is 5.16 Å². The Bertz CT molecular complexity index is 283. The average Bonchev–Trinajstić information content (AvgIpc) is 1.81. The maximum absolute atomic E-state index is 10.6. The summed E-state index contributed by atoms with van der Waals surface area (Å²) in [6.45, 7) is 0. The van der Waals surface area contributed by atoms with Crippen LogP contribution in [0.4, 0.5) is 0 Å². The first-order valence-electron chi connectivity index (χ1n) is 3.40. The Labute approximate surface area is 79.1 Å². The van der Waals surface area contributed by atoms with Gasteiger partial charge in [0.25, 0.3) is 0 Å². The van der Waals surface area contributed by atoms with Crippen LogP contribution >= 0.6 is 23.2 Å². The molecule has 0 aliphatic carbocycles. The zero-order chi connectivity index (χ0) is 8.98. The third-order valence-electron chi connectivity index (χ3n) is 2.09. The van der Waals surface area contributed by atoms with Crippen molar-refractivity contribution >= 4 is 29.5 Å². The molecule has 2 atom stereocenters. The molecule has 4 nitrogen and oxygen atoms in total. The molecule has 3 heterocycles. The van der Waals surface area contributed by atoms with Gasteiger partial charge in [-0.1, -0.05) is 23.2 Å². The van der Waals surface area contributed by atoms with Crippen LogP contribution in [0.25, 0.3) is 0 Å². The third kappa shape index (κ3) is 0.894. The number of alkyl halides is 1. The molecule has 0 spiro atoms. The summed E-state index contributed by atoms with van der Waals surface area (Å²) in [5.74, 6) is 0. The maximum Gasteiger partial charge on any atom is 0.172 e. The molecule has 4 N–H and O–H groups in total. The van der Waals surface area contributed by atoms with Gasteiger partial charge in [-0.15, -0.1) is 0 Å². The predicted octanol–water partition coefficient (Wildman–Crippen LogP) is -0.220. The van der Waals surface area contributed by atoms with Crippen molar-refractivity contribution in [2.45, 2.75) is 17.2 Å². The maximum atomic E-state index is 10.6. The van der Waals surface area contributed by atoms with Crippen LogP contribution in [0.3, 0.4) is 0 Å². The van der Waals surface area contributed by atoms with Crippen LogP contribution in [0.1, 0.15) is 6.42 Å². The van der Waals surface area contributed by atoms with Crippen LogP contribution < -0.4 is 16.4 Å². The lowest BCUT2D eigenvalue weighted by Gasteiger charge is -2.56. The second kappa shape index (κ2) is 2.14. The van der Waals surface area contributed by atoms with Gasteiger partial charge in [0.1, 0.15) is 10.8 Å². The van der Waals surface area contributed by atoms with Gasteiger partial charge in [-0.2, -0.15) is 0 Å². The molecule has 2 bridgehead atoms. The summed E-state index contributed by atoms with van der Waals surface area (Å²) in [4.78, 5) is 10.6. The first kappa shape index (κ1) is 8.31. The minimum absolute atomic E-state index is 0.229. The van der Waals surface area contributed by atoms with Gasteiger partial charge in [0.15, 0.2) is 11.4 Å². The summed E-state index contributed by atoms with van der Waals surface area (Å²) in [5, 5.41) is 5.02. The van der Waals surface area contributed by atoms with Crippen LogP contribution in [0, 0.1) is 0 Å². The normalized spacial score (nSPS) is 44.9. The zero-order valence-electron chi connectivity index (χ0n) is 6.03. The van der Waals surface area contributed by atoms with Gasteiger partial charge in [-0.05, 0) is 0 Å². The summed E-state index contributed by atoms with van der Waals surface area (Å²) < 4.78 is 0. The topological polar surface area (TPSA) is 67.1 Å². The van der Waals surface area contributed by atoms with Gasteiger partial charge in [-0.3, -0.25) is 10.1 Å². The van der Waals surface area contributed by atoms with Gasteiger partial charge < -0.3 is 11.1 Å². The van der Waals surface area contributed by atoms with Crippen molar-refractivity contribution < 1.29 is 4.79 Å². The highest BCUT2D eigenvalue weighted by atomic mass is 35.5. The van der Waals surface area contributed by atoms with Gasteiger partial charge in [-0.25, -0.2) is 0 Å². The number of hydrogen-bond donors (Lipinski definition) is 3. The number of carbonyl (C=O) groups excluding carboxylic acids is 1. The molecule has 3 aliphatic heterocycles. The van der Waals surface area contributed by atoms with Gasteiger partial charge >= 0.3 is 0 Å². The molecule has 6 heteroatoms. The second-order valence-electron chi connectivity index (χ2n) is 3.04. The molecule has 0 aromatic heterocycles. The van der Waals surface area contributed by atoms with E-state index < -0.39 is 10.8 Å². The Morgan fingerprint density at radius 1 is 1.67 bits per heavy atom. The molecular formula is C6H7Cl2N3O. The minimum atomic E-state index is -0.841. The zero-order valence-corrected chi connectivity index (χ0v) is 7.54. The number of nitrogens with two attached hydrogens (primary N) is 1. The van der Waals surface area contributed by atoms with Gasteiger partial charge in [0, 0.05) is 6.42 Å². The van der Waals surface area contributed by atoms with E-state index in [0.29, 0.717) is 18.3 Å². The molecule has 1 fully saturated rings. The number of hydrogen-bond acceptors (Lipinski definition) is 4. The number of carbonyl (C=O) groups is 1. The fourth-order valence-corrected chi connectivity index (χ4v) is 2.45. The number of fused-ring (bicyclic) bond motifs is 1. The second-order valence-corrected chi connectivity index (χ2v) is 4.07. The Hall–Kier alpha value is -0.290. The predicted molar refractivity (Wildman–Crippen MR) is 45.3 cm³/mol. The van der Waals surface area contributed by atoms with E-state index in [0.717, 1.165) is 0 Å². The Balaban J connectivity index is 2.42. The SMILES string of the molecule is NC12CC(Cl)(NC(Cl)=C1C=O)N2. The van der Waals surface area contributed by atoms with Gasteiger partial charge in [0.2, 0.25) is 0 Å². The first-order chi connectivity index (χ1) is 5.49. The fourth-order valence-electron chi connectivity index (χ4n) is 1.55. The number of rotatable bonds is 1. The van der Waals surface area contributed by atoms with Crippen molar-refractivity contribution in [1.82, 2.24) is 10.6 Å². The van der Waals surface area contributed by atoms with Crippen molar-refractivity contribution in [3.8, 4) is 0 Å². The Morgan fingerprint density at radius 2 is 2.25 bits per heavy atom. The third-order valence-corrected chi connectivity index (χ3v) is 2.71. The van der Waals surface area contributed by atoms with Crippen molar-refractivity contribution in [2.75, 3.05) is 0 Å².